The van der Waals surface area contributed by atoms with Gasteiger partial charge < -0.3 is 55.2 Å². The van der Waals surface area contributed by atoms with Crippen LogP contribution < -0.4 is 0 Å². The predicted molar refractivity (Wildman–Crippen MR) is 251 cm³/mol. The van der Waals surface area contributed by atoms with Crippen LogP contribution in [0.15, 0.2) is 12.2 Å². The standard InChI is InChI=1S/C49H91O16P/c1-3-5-7-8-9-10-11-12-13-14-15-16-17-18-19-20-26-30-43(54)64-37-34-62-42(53)29-25-22-21-24-28-38-40(51)33-41(52)39(32-31-36(50)27-23-6-4-2)45(56)47(58)49(48(59)46(57)44(38)55)65-66(60,61)63-35-37/h31-32,36-41,44-52,55-59H,3-30,33-35H2,1-2H3,(H,60,61)/b32-31+/t36-,37+,38-,39-,40-,41+,44+,45+,46-,47+,48+,49+/m0/s1. The monoisotopic (exact) mass is 967 g/mol. The Balaban J connectivity index is 2.11. The number of carbonyl (C=O) groups excluding carboxylic acids is 2. The zero-order valence-corrected chi connectivity index (χ0v) is 41.2. The Morgan fingerprint density at radius 2 is 1.21 bits per heavy atom. The average molecular weight is 967 g/mol. The smallest absolute Gasteiger partial charge is 0.462 e. The summed E-state index contributed by atoms with van der Waals surface area (Å²) >= 11 is 0. The Kier molecular flexibility index (Phi) is 32.6. The largest absolute Gasteiger partial charge is 0.472 e. The molecule has 2 bridgehead atoms. The highest BCUT2D eigenvalue weighted by Gasteiger charge is 2.49. The van der Waals surface area contributed by atoms with E-state index >= 15 is 0 Å². The molecular weight excluding hydrogens is 875 g/mol. The molecule has 0 spiro atoms. The van der Waals surface area contributed by atoms with E-state index < -0.39 is 112 Å². The fraction of sp³-hybridized carbons (Fsp3) is 0.918. The van der Waals surface area contributed by atoms with Crippen molar-refractivity contribution in [2.45, 2.75) is 261 Å². The minimum absolute atomic E-state index is 0.0122. The number of fused-ring (bicyclic) bond motifs is 4. The fourth-order valence-electron chi connectivity index (χ4n) is 8.97. The Morgan fingerprint density at radius 3 is 1.80 bits per heavy atom. The number of unbranched alkanes of at least 4 members (excludes halogenated alkanes) is 18. The molecule has 1 saturated carbocycles. The summed E-state index contributed by atoms with van der Waals surface area (Å²) in [5.74, 6) is -3.88. The number of hydrogen-bond acceptors (Lipinski definition) is 15. The molecule has 16 nitrogen and oxygen atoms in total. The van der Waals surface area contributed by atoms with Gasteiger partial charge in [-0.05, 0) is 25.7 Å². The van der Waals surface area contributed by atoms with Crippen LogP contribution in [0.4, 0.5) is 0 Å². The topological polar surface area (TPSA) is 270 Å². The summed E-state index contributed by atoms with van der Waals surface area (Å²) in [4.78, 5) is 36.6. The van der Waals surface area contributed by atoms with Crippen LogP contribution in [0.3, 0.4) is 0 Å². The molecule has 2 fully saturated rings. The summed E-state index contributed by atoms with van der Waals surface area (Å²) in [5.41, 5.74) is 0. The molecule has 1 heterocycles. The average Bonchev–Trinajstić information content (AvgIpc) is 3.28. The summed E-state index contributed by atoms with van der Waals surface area (Å²) in [7, 11) is -5.43. The van der Waals surface area contributed by atoms with Gasteiger partial charge in [-0.25, -0.2) is 4.57 Å². The maximum Gasteiger partial charge on any atom is 0.472 e. The van der Waals surface area contributed by atoms with E-state index in [0.717, 1.165) is 38.5 Å². The molecule has 0 aromatic rings. The molecule has 13 atom stereocenters. The maximum atomic E-state index is 13.6. The first-order valence-corrected chi connectivity index (χ1v) is 27.2. The minimum atomic E-state index is -5.43. The molecule has 0 aromatic carbocycles. The lowest BCUT2D eigenvalue weighted by Crippen LogP contribution is -2.55. The first-order chi connectivity index (χ1) is 31.6. The van der Waals surface area contributed by atoms with Crippen molar-refractivity contribution in [1.82, 2.24) is 0 Å². The van der Waals surface area contributed by atoms with Crippen molar-refractivity contribution in [3.05, 3.63) is 12.2 Å². The molecule has 0 amide bonds. The molecule has 1 saturated heterocycles. The third-order valence-electron chi connectivity index (χ3n) is 13.2. The second kappa shape index (κ2) is 35.6. The van der Waals surface area contributed by atoms with Gasteiger partial charge in [0.1, 0.15) is 31.0 Å². The van der Waals surface area contributed by atoms with E-state index in [4.69, 9.17) is 18.5 Å². The van der Waals surface area contributed by atoms with Gasteiger partial charge in [-0.1, -0.05) is 167 Å². The molecule has 2 aliphatic rings. The van der Waals surface area contributed by atoms with Gasteiger partial charge in [-0.15, -0.1) is 0 Å². The molecule has 0 radical (unpaired) electrons. The van der Waals surface area contributed by atoms with Crippen LogP contribution in [0.25, 0.3) is 0 Å². The minimum Gasteiger partial charge on any atom is -0.462 e. The van der Waals surface area contributed by atoms with Gasteiger partial charge in [0.05, 0.1) is 37.1 Å². The maximum absolute atomic E-state index is 13.6. The molecule has 66 heavy (non-hydrogen) atoms. The summed E-state index contributed by atoms with van der Waals surface area (Å²) in [6, 6.07) is 0. The number of esters is 2. The second-order valence-electron chi connectivity index (χ2n) is 19.0. The van der Waals surface area contributed by atoms with Gasteiger partial charge in [0.25, 0.3) is 0 Å². The van der Waals surface area contributed by atoms with Crippen molar-refractivity contribution in [1.29, 1.82) is 0 Å². The van der Waals surface area contributed by atoms with Crippen LogP contribution in [0, 0.1) is 11.8 Å². The lowest BCUT2D eigenvalue weighted by Gasteiger charge is -2.37. The van der Waals surface area contributed by atoms with Crippen LogP contribution in [0.5, 0.6) is 0 Å². The van der Waals surface area contributed by atoms with E-state index in [1.807, 2.05) is 6.92 Å². The van der Waals surface area contributed by atoms with Gasteiger partial charge in [-0.3, -0.25) is 18.6 Å². The number of ether oxygens (including phenoxy) is 2. The lowest BCUT2D eigenvalue weighted by molar-refractivity contribution is -0.167. The molecule has 17 heteroatoms. The van der Waals surface area contributed by atoms with Crippen molar-refractivity contribution < 1.29 is 78.4 Å². The Labute approximate surface area is 395 Å². The molecule has 1 aliphatic heterocycles. The Hall–Kier alpha value is -1.53. The van der Waals surface area contributed by atoms with Gasteiger partial charge in [0, 0.05) is 31.1 Å². The van der Waals surface area contributed by atoms with E-state index in [9.17, 15) is 59.9 Å². The number of phosphoric ester groups is 1. The van der Waals surface area contributed by atoms with Crippen molar-refractivity contribution in [3.63, 3.8) is 0 Å². The zero-order chi connectivity index (χ0) is 48.7. The Bertz CT molecular complexity index is 1340. The quantitative estimate of drug-likeness (QED) is 0.0193. The van der Waals surface area contributed by atoms with Gasteiger partial charge in [0.15, 0.2) is 6.10 Å². The number of carbonyl (C=O) groups is 2. The molecule has 388 valence electrons. The van der Waals surface area contributed by atoms with E-state index in [0.29, 0.717) is 44.9 Å². The van der Waals surface area contributed by atoms with Gasteiger partial charge in [0.2, 0.25) is 0 Å². The van der Waals surface area contributed by atoms with Crippen LogP contribution in [-0.2, 0) is 32.7 Å². The normalized spacial score (nSPS) is 32.0. The van der Waals surface area contributed by atoms with Crippen molar-refractivity contribution in [2.75, 3.05) is 13.2 Å². The number of rotatable bonds is 25. The predicted octanol–water partition coefficient (Wildman–Crippen LogP) is 7.00. The first-order valence-electron chi connectivity index (χ1n) is 25.7. The molecule has 1 aliphatic carbocycles. The van der Waals surface area contributed by atoms with Gasteiger partial charge in [-0.2, -0.15) is 0 Å². The van der Waals surface area contributed by atoms with E-state index in [1.54, 1.807) is 0 Å². The van der Waals surface area contributed by atoms with E-state index in [-0.39, 0.29) is 19.3 Å². The van der Waals surface area contributed by atoms with Gasteiger partial charge >= 0.3 is 19.8 Å². The van der Waals surface area contributed by atoms with Crippen molar-refractivity contribution >= 4 is 19.8 Å². The lowest BCUT2D eigenvalue weighted by atomic mass is 9.82. The summed E-state index contributed by atoms with van der Waals surface area (Å²) in [5, 5.41) is 90.3. The summed E-state index contributed by atoms with van der Waals surface area (Å²) < 4.78 is 34.9. The highest BCUT2D eigenvalue weighted by Crippen LogP contribution is 2.47. The SMILES string of the molecule is CCCCCCCCCCCCCCCCCCCC(=O)O[C@@H]1COC(=O)CCCCCC[C@@H]2[C@@H](O)[C@H](O)[C@@H](O)[C@H](OP(=O)(O)OC1)[C@H](O)[C@H](O)[C@@H](/C=C/[C@@H](O)CCCCC)[C@H](O)C[C@@H]2O. The first kappa shape index (κ1) is 60.6. The van der Waals surface area contributed by atoms with Crippen LogP contribution >= 0.6 is 7.82 Å². The van der Waals surface area contributed by atoms with Crippen molar-refractivity contribution in [3.8, 4) is 0 Å². The van der Waals surface area contributed by atoms with E-state index in [2.05, 4.69) is 6.92 Å². The number of aliphatic hydroxyl groups is 8. The molecule has 9 N–H and O–H groups in total. The molecular formula is C49H91O16P. The van der Waals surface area contributed by atoms with Crippen LogP contribution in [0.1, 0.15) is 200 Å². The number of hydrogen-bond donors (Lipinski definition) is 9. The van der Waals surface area contributed by atoms with E-state index in [1.165, 1.54) is 89.2 Å². The highest BCUT2D eigenvalue weighted by atomic mass is 31.2. The third-order valence-corrected chi connectivity index (χ3v) is 14.2. The van der Waals surface area contributed by atoms with Crippen molar-refractivity contribution in [2.24, 2.45) is 11.8 Å². The number of phosphoric acid groups is 1. The van der Waals surface area contributed by atoms with Crippen LogP contribution in [-0.4, -0.2) is 132 Å². The van der Waals surface area contributed by atoms with Crippen LogP contribution in [0.2, 0.25) is 0 Å². The third kappa shape index (κ3) is 25.4. The fourth-order valence-corrected chi connectivity index (χ4v) is 9.94. The molecule has 2 rings (SSSR count). The zero-order valence-electron chi connectivity index (χ0n) is 40.3. The Morgan fingerprint density at radius 1 is 0.682 bits per heavy atom. The summed E-state index contributed by atoms with van der Waals surface area (Å²) in [6.45, 7) is 2.88. The second-order valence-corrected chi connectivity index (χ2v) is 20.4. The molecule has 1 unspecified atom stereocenters. The number of aliphatic hydroxyl groups excluding tert-OH is 8. The molecule has 0 aromatic heterocycles. The highest BCUT2D eigenvalue weighted by molar-refractivity contribution is 7.47. The summed E-state index contributed by atoms with van der Waals surface area (Å²) in [6.07, 6.45) is 8.28. The number of cyclic esters (lactones) is 1.